The maximum absolute atomic E-state index is 12.6. The Morgan fingerprint density at radius 1 is 1.33 bits per heavy atom. The first-order chi connectivity index (χ1) is 9.72. The number of rotatable bonds is 4. The highest BCUT2D eigenvalue weighted by atomic mass is 79.9. The van der Waals surface area contributed by atoms with Gasteiger partial charge >= 0.3 is 0 Å². The quantitative estimate of drug-likeness (QED) is 0.898. The van der Waals surface area contributed by atoms with Gasteiger partial charge in [-0.3, -0.25) is 4.68 Å². The van der Waals surface area contributed by atoms with E-state index in [9.17, 15) is 8.42 Å². The molecule has 1 unspecified atom stereocenters. The Bertz CT molecular complexity index is 769. The van der Waals surface area contributed by atoms with Crippen LogP contribution in [0.5, 0.6) is 0 Å². The maximum Gasteiger partial charge on any atom is 0.244 e. The van der Waals surface area contributed by atoms with Crippen LogP contribution in [0.15, 0.2) is 33.6 Å². The van der Waals surface area contributed by atoms with E-state index in [-0.39, 0.29) is 10.9 Å². The lowest BCUT2D eigenvalue weighted by molar-refractivity contribution is 0.565. The number of sulfonamides is 1. The lowest BCUT2D eigenvalue weighted by Gasteiger charge is -2.15. The highest BCUT2D eigenvalue weighted by Crippen LogP contribution is 2.23. The normalized spacial score (nSPS) is 13.4. The van der Waals surface area contributed by atoms with Gasteiger partial charge in [-0.05, 0) is 38.5 Å². The van der Waals surface area contributed by atoms with E-state index in [4.69, 9.17) is 0 Å². The Hall–Kier alpha value is -1.18. The lowest BCUT2D eigenvalue weighted by Crippen LogP contribution is -2.27. The standard InChI is InChI=1S/C14H18BrN3O2S/c1-9(12-6-5-7-13(15)8-12)17-21(19,20)14-10(2)16-18(4)11(14)3/h5-9,17H,1-4H3. The summed E-state index contributed by atoms with van der Waals surface area (Å²) in [5, 5.41) is 4.16. The molecule has 5 nitrogen and oxygen atoms in total. The molecule has 21 heavy (non-hydrogen) atoms. The first-order valence-electron chi connectivity index (χ1n) is 6.50. The van der Waals surface area contributed by atoms with Crippen molar-refractivity contribution in [3.8, 4) is 0 Å². The van der Waals surface area contributed by atoms with E-state index in [1.807, 2.05) is 31.2 Å². The molecule has 0 bridgehead atoms. The molecule has 114 valence electrons. The van der Waals surface area contributed by atoms with Gasteiger partial charge < -0.3 is 0 Å². The number of nitrogens with zero attached hydrogens (tertiary/aromatic N) is 2. The third kappa shape index (κ3) is 3.36. The van der Waals surface area contributed by atoms with Crippen molar-refractivity contribution in [3.63, 3.8) is 0 Å². The van der Waals surface area contributed by atoms with Crippen molar-refractivity contribution in [2.75, 3.05) is 0 Å². The summed E-state index contributed by atoms with van der Waals surface area (Å²) in [7, 11) is -1.87. The zero-order valence-electron chi connectivity index (χ0n) is 12.4. The molecule has 0 aliphatic rings. The average molecular weight is 372 g/mol. The molecule has 0 saturated heterocycles. The van der Waals surface area contributed by atoms with Gasteiger partial charge in [-0.2, -0.15) is 5.10 Å². The van der Waals surface area contributed by atoms with Crippen molar-refractivity contribution in [3.05, 3.63) is 45.7 Å². The zero-order chi connectivity index (χ0) is 15.8. The van der Waals surface area contributed by atoms with Crippen molar-refractivity contribution in [1.29, 1.82) is 0 Å². The Balaban J connectivity index is 2.33. The average Bonchev–Trinajstić information content (AvgIpc) is 2.63. The molecular formula is C14H18BrN3O2S. The van der Waals surface area contributed by atoms with Crippen molar-refractivity contribution < 1.29 is 8.42 Å². The smallest absolute Gasteiger partial charge is 0.244 e. The summed E-state index contributed by atoms with van der Waals surface area (Å²) < 4.78 is 30.4. The Labute approximate surface area is 133 Å². The highest BCUT2D eigenvalue weighted by Gasteiger charge is 2.25. The second-order valence-electron chi connectivity index (χ2n) is 5.02. The minimum atomic E-state index is -3.61. The van der Waals surface area contributed by atoms with Crippen LogP contribution in [0.25, 0.3) is 0 Å². The number of halogens is 1. The van der Waals surface area contributed by atoms with Crippen LogP contribution in [-0.2, 0) is 17.1 Å². The largest absolute Gasteiger partial charge is 0.271 e. The topological polar surface area (TPSA) is 64.0 Å². The van der Waals surface area contributed by atoms with Gasteiger partial charge in [0.15, 0.2) is 0 Å². The van der Waals surface area contributed by atoms with Gasteiger partial charge in [0.25, 0.3) is 0 Å². The van der Waals surface area contributed by atoms with Crippen LogP contribution in [0.4, 0.5) is 0 Å². The van der Waals surface area contributed by atoms with Crippen LogP contribution in [0.2, 0.25) is 0 Å². The fourth-order valence-electron chi connectivity index (χ4n) is 2.28. The number of benzene rings is 1. The van der Waals surface area contributed by atoms with E-state index in [2.05, 4.69) is 25.8 Å². The molecule has 1 aromatic carbocycles. The molecule has 0 saturated carbocycles. The third-order valence-electron chi connectivity index (χ3n) is 3.39. The molecule has 0 aliphatic heterocycles. The second-order valence-corrected chi connectivity index (χ2v) is 7.59. The molecular weight excluding hydrogens is 354 g/mol. The highest BCUT2D eigenvalue weighted by molar-refractivity contribution is 9.10. The number of aryl methyl sites for hydroxylation is 2. The van der Waals surface area contributed by atoms with Crippen LogP contribution in [0.3, 0.4) is 0 Å². The van der Waals surface area contributed by atoms with E-state index in [0.29, 0.717) is 11.4 Å². The predicted octanol–water partition coefficient (Wildman–Crippen LogP) is 2.84. The zero-order valence-corrected chi connectivity index (χ0v) is 14.8. The molecule has 1 heterocycles. The Kier molecular flexibility index (Phi) is 4.55. The maximum atomic E-state index is 12.6. The first-order valence-corrected chi connectivity index (χ1v) is 8.78. The van der Waals surface area contributed by atoms with Crippen molar-refractivity contribution in [1.82, 2.24) is 14.5 Å². The molecule has 7 heteroatoms. The molecule has 1 aromatic heterocycles. The van der Waals surface area contributed by atoms with Crippen LogP contribution in [0.1, 0.15) is 29.9 Å². The van der Waals surface area contributed by atoms with Crippen LogP contribution in [-0.4, -0.2) is 18.2 Å². The summed E-state index contributed by atoms with van der Waals surface area (Å²) in [5.41, 5.74) is 2.03. The third-order valence-corrected chi connectivity index (χ3v) is 5.68. The van der Waals surface area contributed by atoms with E-state index in [0.717, 1.165) is 10.0 Å². The van der Waals surface area contributed by atoms with Crippen molar-refractivity contribution in [2.24, 2.45) is 7.05 Å². The Morgan fingerprint density at radius 2 is 2.00 bits per heavy atom. The molecule has 2 rings (SSSR count). The number of hydrogen-bond acceptors (Lipinski definition) is 3. The van der Waals surface area contributed by atoms with E-state index >= 15 is 0 Å². The monoisotopic (exact) mass is 371 g/mol. The molecule has 0 radical (unpaired) electrons. The van der Waals surface area contributed by atoms with Gasteiger partial charge in [-0.1, -0.05) is 28.1 Å². The van der Waals surface area contributed by atoms with E-state index < -0.39 is 10.0 Å². The van der Waals surface area contributed by atoms with Crippen molar-refractivity contribution in [2.45, 2.75) is 31.7 Å². The minimum absolute atomic E-state index is 0.256. The van der Waals surface area contributed by atoms with Crippen LogP contribution < -0.4 is 4.72 Å². The molecule has 1 atom stereocenters. The molecule has 0 fully saturated rings. The minimum Gasteiger partial charge on any atom is -0.271 e. The van der Waals surface area contributed by atoms with Gasteiger partial charge in [0.05, 0.1) is 11.4 Å². The fraction of sp³-hybridized carbons (Fsp3) is 0.357. The summed E-state index contributed by atoms with van der Waals surface area (Å²) in [6.07, 6.45) is 0. The predicted molar refractivity (Wildman–Crippen MR) is 85.6 cm³/mol. The summed E-state index contributed by atoms with van der Waals surface area (Å²) in [6.45, 7) is 5.27. The van der Waals surface area contributed by atoms with Crippen LogP contribution in [0, 0.1) is 13.8 Å². The molecule has 0 amide bonds. The van der Waals surface area contributed by atoms with Crippen LogP contribution >= 0.6 is 15.9 Å². The first kappa shape index (κ1) is 16.2. The number of nitrogens with one attached hydrogen (secondary N) is 1. The Morgan fingerprint density at radius 3 is 2.52 bits per heavy atom. The second kappa shape index (κ2) is 5.90. The number of aromatic nitrogens is 2. The molecule has 1 N–H and O–H groups in total. The summed E-state index contributed by atoms with van der Waals surface area (Å²) in [4.78, 5) is 0.256. The summed E-state index contributed by atoms with van der Waals surface area (Å²) >= 11 is 3.39. The lowest BCUT2D eigenvalue weighted by atomic mass is 10.1. The van der Waals surface area contributed by atoms with Gasteiger partial charge in [-0.25, -0.2) is 13.1 Å². The molecule has 0 aliphatic carbocycles. The number of hydrogen-bond donors (Lipinski definition) is 1. The van der Waals surface area contributed by atoms with Gasteiger partial charge in [0, 0.05) is 17.6 Å². The molecule has 0 spiro atoms. The fourth-order valence-corrected chi connectivity index (χ4v) is 4.37. The SMILES string of the molecule is Cc1nn(C)c(C)c1S(=O)(=O)NC(C)c1cccc(Br)c1. The molecule has 2 aromatic rings. The summed E-state index contributed by atoms with van der Waals surface area (Å²) in [6, 6.07) is 7.24. The summed E-state index contributed by atoms with van der Waals surface area (Å²) in [5.74, 6) is 0. The van der Waals surface area contributed by atoms with Gasteiger partial charge in [-0.15, -0.1) is 0 Å². The van der Waals surface area contributed by atoms with E-state index in [1.165, 1.54) is 0 Å². The van der Waals surface area contributed by atoms with Gasteiger partial charge in [0.2, 0.25) is 10.0 Å². The van der Waals surface area contributed by atoms with E-state index in [1.54, 1.807) is 25.6 Å². The van der Waals surface area contributed by atoms with Crippen molar-refractivity contribution >= 4 is 26.0 Å². The van der Waals surface area contributed by atoms with Gasteiger partial charge in [0.1, 0.15) is 4.90 Å².